The molecule has 6 heteroatoms. The first-order chi connectivity index (χ1) is 11.6. The van der Waals surface area contributed by atoms with Gasteiger partial charge in [0, 0.05) is 42.5 Å². The van der Waals surface area contributed by atoms with E-state index in [-0.39, 0.29) is 11.8 Å². The van der Waals surface area contributed by atoms with Gasteiger partial charge < -0.3 is 10.2 Å². The number of likely N-dealkylation sites (tertiary alicyclic amines) is 1. The molecule has 1 aromatic carbocycles. The molecule has 0 radical (unpaired) electrons. The van der Waals surface area contributed by atoms with E-state index in [0.717, 1.165) is 31.5 Å². The van der Waals surface area contributed by atoms with Gasteiger partial charge in [0.2, 0.25) is 11.8 Å². The van der Waals surface area contributed by atoms with Crippen LogP contribution < -0.4 is 5.32 Å². The first-order valence-electron chi connectivity index (χ1n) is 8.54. The highest BCUT2D eigenvalue weighted by Crippen LogP contribution is 2.22. The maximum atomic E-state index is 12.1. The Morgan fingerprint density at radius 3 is 2.42 bits per heavy atom. The second kappa shape index (κ2) is 9.90. The predicted octanol–water partition coefficient (Wildman–Crippen LogP) is 3.83. The number of rotatable bonds is 6. The topological polar surface area (TPSA) is 49.4 Å². The highest BCUT2D eigenvalue weighted by molar-refractivity contribution is 6.35. The van der Waals surface area contributed by atoms with Gasteiger partial charge in [0.25, 0.3) is 0 Å². The van der Waals surface area contributed by atoms with Gasteiger partial charge in [0.15, 0.2) is 0 Å². The van der Waals surface area contributed by atoms with E-state index in [0.29, 0.717) is 35.9 Å². The van der Waals surface area contributed by atoms with Crippen molar-refractivity contribution in [1.29, 1.82) is 0 Å². The number of carbonyl (C=O) groups is 2. The van der Waals surface area contributed by atoms with Crippen LogP contribution in [0.1, 0.15) is 44.1 Å². The maximum Gasteiger partial charge on any atom is 0.224 e. The van der Waals surface area contributed by atoms with E-state index in [1.807, 2.05) is 11.0 Å². The SMILES string of the molecule is O=C(CCc1ccc(Cl)cc1Cl)NCCC(=O)N1CCCCCC1. The normalized spacial score (nSPS) is 15.0. The van der Waals surface area contributed by atoms with Crippen molar-refractivity contribution in [2.24, 2.45) is 0 Å². The van der Waals surface area contributed by atoms with Gasteiger partial charge in [0.1, 0.15) is 0 Å². The minimum atomic E-state index is -0.0651. The Hall–Kier alpha value is -1.26. The van der Waals surface area contributed by atoms with Crippen LogP contribution in [0.25, 0.3) is 0 Å². The second-order valence-electron chi connectivity index (χ2n) is 6.13. The minimum Gasteiger partial charge on any atom is -0.356 e. The van der Waals surface area contributed by atoms with Gasteiger partial charge >= 0.3 is 0 Å². The monoisotopic (exact) mass is 370 g/mol. The molecule has 1 fully saturated rings. The highest BCUT2D eigenvalue weighted by Gasteiger charge is 2.15. The molecule has 0 spiro atoms. The minimum absolute atomic E-state index is 0.0651. The fraction of sp³-hybridized carbons (Fsp3) is 0.556. The number of benzene rings is 1. The van der Waals surface area contributed by atoms with Crippen molar-refractivity contribution >= 4 is 35.0 Å². The van der Waals surface area contributed by atoms with Crippen molar-refractivity contribution in [3.05, 3.63) is 33.8 Å². The number of nitrogens with one attached hydrogen (secondary N) is 1. The van der Waals surface area contributed by atoms with Crippen LogP contribution in [0.3, 0.4) is 0 Å². The molecule has 0 unspecified atom stereocenters. The zero-order chi connectivity index (χ0) is 17.4. The summed E-state index contributed by atoms with van der Waals surface area (Å²) in [5, 5.41) is 3.97. The van der Waals surface area contributed by atoms with E-state index in [9.17, 15) is 9.59 Å². The third-order valence-corrected chi connectivity index (χ3v) is 4.84. The van der Waals surface area contributed by atoms with Crippen molar-refractivity contribution in [2.45, 2.75) is 44.9 Å². The van der Waals surface area contributed by atoms with Gasteiger partial charge in [-0.05, 0) is 37.0 Å². The van der Waals surface area contributed by atoms with Crippen LogP contribution in [0.4, 0.5) is 0 Å². The maximum absolute atomic E-state index is 12.1. The molecule has 0 aliphatic carbocycles. The van der Waals surface area contributed by atoms with Crippen molar-refractivity contribution in [3.8, 4) is 0 Å². The molecule has 1 saturated heterocycles. The van der Waals surface area contributed by atoms with Gasteiger partial charge in [-0.15, -0.1) is 0 Å². The summed E-state index contributed by atoms with van der Waals surface area (Å²) in [6.45, 7) is 2.09. The molecule has 24 heavy (non-hydrogen) atoms. The summed E-state index contributed by atoms with van der Waals surface area (Å²) < 4.78 is 0. The zero-order valence-corrected chi connectivity index (χ0v) is 15.3. The summed E-state index contributed by atoms with van der Waals surface area (Å²) >= 11 is 11.9. The smallest absolute Gasteiger partial charge is 0.224 e. The molecule has 1 N–H and O–H groups in total. The molecule has 0 aromatic heterocycles. The lowest BCUT2D eigenvalue weighted by Crippen LogP contribution is -2.35. The van der Waals surface area contributed by atoms with Gasteiger partial charge in [-0.25, -0.2) is 0 Å². The first kappa shape index (κ1) is 19.1. The third kappa shape index (κ3) is 6.33. The lowest BCUT2D eigenvalue weighted by molar-refractivity contribution is -0.131. The Bertz CT molecular complexity index is 570. The first-order valence-corrected chi connectivity index (χ1v) is 9.30. The van der Waals surface area contributed by atoms with E-state index in [1.54, 1.807) is 12.1 Å². The number of hydrogen-bond donors (Lipinski definition) is 1. The van der Waals surface area contributed by atoms with Crippen LogP contribution >= 0.6 is 23.2 Å². The Labute approximate surface area is 153 Å². The lowest BCUT2D eigenvalue weighted by Gasteiger charge is -2.20. The highest BCUT2D eigenvalue weighted by atomic mass is 35.5. The average molecular weight is 371 g/mol. The zero-order valence-electron chi connectivity index (χ0n) is 13.8. The molecule has 2 rings (SSSR count). The molecule has 4 nitrogen and oxygen atoms in total. The van der Waals surface area contributed by atoms with Crippen molar-refractivity contribution in [3.63, 3.8) is 0 Å². The van der Waals surface area contributed by atoms with E-state index in [2.05, 4.69) is 5.32 Å². The molecule has 0 saturated carbocycles. The number of amides is 2. The Balaban J connectivity index is 1.66. The van der Waals surface area contributed by atoms with Crippen molar-refractivity contribution in [1.82, 2.24) is 10.2 Å². The van der Waals surface area contributed by atoms with E-state index in [4.69, 9.17) is 23.2 Å². The molecular formula is C18H24Cl2N2O2. The molecule has 1 aliphatic heterocycles. The molecule has 1 aliphatic rings. The molecule has 0 atom stereocenters. The van der Waals surface area contributed by atoms with Crippen LogP contribution in [0.2, 0.25) is 10.0 Å². The largest absolute Gasteiger partial charge is 0.356 e. The van der Waals surface area contributed by atoms with Crippen molar-refractivity contribution < 1.29 is 9.59 Å². The molecule has 2 amide bonds. The Morgan fingerprint density at radius 2 is 1.75 bits per heavy atom. The summed E-state index contributed by atoms with van der Waals surface area (Å²) in [6, 6.07) is 5.28. The number of nitrogens with zero attached hydrogens (tertiary/aromatic N) is 1. The van der Waals surface area contributed by atoms with E-state index in [1.165, 1.54) is 12.8 Å². The van der Waals surface area contributed by atoms with Gasteiger partial charge in [-0.3, -0.25) is 9.59 Å². The Morgan fingerprint density at radius 1 is 1.04 bits per heavy atom. The average Bonchev–Trinajstić information content (AvgIpc) is 2.83. The quantitative estimate of drug-likeness (QED) is 0.826. The fourth-order valence-corrected chi connectivity index (χ4v) is 3.35. The molecule has 1 heterocycles. The van der Waals surface area contributed by atoms with Crippen LogP contribution in [0, 0.1) is 0 Å². The summed E-state index contributed by atoms with van der Waals surface area (Å²) in [5.74, 6) is 0.0719. The molecule has 0 bridgehead atoms. The van der Waals surface area contributed by atoms with Gasteiger partial charge in [-0.2, -0.15) is 0 Å². The van der Waals surface area contributed by atoms with Crippen LogP contribution in [0.15, 0.2) is 18.2 Å². The number of halogens is 2. The fourth-order valence-electron chi connectivity index (χ4n) is 2.85. The number of hydrogen-bond acceptors (Lipinski definition) is 2. The summed E-state index contributed by atoms with van der Waals surface area (Å²) in [4.78, 5) is 26.0. The van der Waals surface area contributed by atoms with Gasteiger partial charge in [0.05, 0.1) is 0 Å². The molecule has 132 valence electrons. The van der Waals surface area contributed by atoms with Crippen molar-refractivity contribution in [2.75, 3.05) is 19.6 Å². The third-order valence-electron chi connectivity index (χ3n) is 4.26. The number of aryl methyl sites for hydroxylation is 1. The standard InChI is InChI=1S/C18H24Cl2N2O2/c19-15-7-5-14(16(20)13-15)6-8-17(23)21-10-9-18(24)22-11-3-1-2-4-12-22/h5,7,13H,1-4,6,8-12H2,(H,21,23). The Kier molecular flexibility index (Phi) is 7.86. The van der Waals surface area contributed by atoms with Crippen LogP contribution in [-0.2, 0) is 16.0 Å². The summed E-state index contributed by atoms with van der Waals surface area (Å²) in [5.41, 5.74) is 0.900. The van der Waals surface area contributed by atoms with E-state index >= 15 is 0 Å². The summed E-state index contributed by atoms with van der Waals surface area (Å²) in [6.07, 6.45) is 5.84. The van der Waals surface area contributed by atoms with Gasteiger partial charge in [-0.1, -0.05) is 42.1 Å². The predicted molar refractivity (Wildman–Crippen MR) is 97.5 cm³/mol. The second-order valence-corrected chi connectivity index (χ2v) is 6.97. The lowest BCUT2D eigenvalue weighted by atomic mass is 10.1. The van der Waals surface area contributed by atoms with E-state index < -0.39 is 0 Å². The molecule has 1 aromatic rings. The summed E-state index contributed by atoms with van der Waals surface area (Å²) in [7, 11) is 0. The number of carbonyl (C=O) groups excluding carboxylic acids is 2. The molecular weight excluding hydrogens is 347 g/mol. The van der Waals surface area contributed by atoms with Crippen LogP contribution in [0.5, 0.6) is 0 Å². The van der Waals surface area contributed by atoms with Crippen LogP contribution in [-0.4, -0.2) is 36.3 Å².